The van der Waals surface area contributed by atoms with Crippen LogP contribution in [0.5, 0.6) is 5.75 Å². The van der Waals surface area contributed by atoms with Crippen LogP contribution in [0.4, 0.5) is 4.39 Å². The summed E-state index contributed by atoms with van der Waals surface area (Å²) >= 11 is 8.97. The molecule has 20 heavy (non-hydrogen) atoms. The maximum Gasteiger partial charge on any atom is 0.148 e. The fourth-order valence-corrected chi connectivity index (χ4v) is 2.41. The molecule has 0 saturated heterocycles. The van der Waals surface area contributed by atoms with Gasteiger partial charge in [0.1, 0.15) is 11.6 Å². The van der Waals surface area contributed by atoms with Crippen LogP contribution in [0.3, 0.4) is 0 Å². The van der Waals surface area contributed by atoms with Gasteiger partial charge in [0.25, 0.3) is 0 Å². The molecule has 0 spiro atoms. The SMILES string of the molecule is COc1cccc(CC(O)c2ccc(Br)c(Cl)c2F)c1. The lowest BCUT2D eigenvalue weighted by atomic mass is 10.0. The van der Waals surface area contributed by atoms with E-state index in [4.69, 9.17) is 16.3 Å². The molecular weight excluding hydrogens is 347 g/mol. The predicted molar refractivity (Wildman–Crippen MR) is 80.8 cm³/mol. The lowest BCUT2D eigenvalue weighted by Gasteiger charge is -2.14. The summed E-state index contributed by atoms with van der Waals surface area (Å²) < 4.78 is 19.6. The van der Waals surface area contributed by atoms with Crippen molar-refractivity contribution in [1.29, 1.82) is 0 Å². The van der Waals surface area contributed by atoms with E-state index in [1.807, 2.05) is 24.3 Å². The molecule has 0 aliphatic rings. The summed E-state index contributed by atoms with van der Waals surface area (Å²) in [6, 6.07) is 10.4. The minimum Gasteiger partial charge on any atom is -0.497 e. The van der Waals surface area contributed by atoms with E-state index in [1.54, 1.807) is 13.2 Å². The Hall–Kier alpha value is -1.10. The molecule has 2 aromatic carbocycles. The average molecular weight is 360 g/mol. The van der Waals surface area contributed by atoms with Crippen LogP contribution in [-0.4, -0.2) is 12.2 Å². The van der Waals surface area contributed by atoms with E-state index in [9.17, 15) is 9.50 Å². The molecular formula is C15H13BrClFO2. The number of hydrogen-bond acceptors (Lipinski definition) is 2. The minimum absolute atomic E-state index is 0.0211. The van der Waals surface area contributed by atoms with Gasteiger partial charge in [0, 0.05) is 16.5 Å². The molecule has 2 nitrogen and oxygen atoms in total. The fraction of sp³-hybridized carbons (Fsp3) is 0.200. The topological polar surface area (TPSA) is 29.5 Å². The third-order valence-electron chi connectivity index (χ3n) is 2.99. The van der Waals surface area contributed by atoms with Gasteiger partial charge in [-0.1, -0.05) is 29.8 Å². The van der Waals surface area contributed by atoms with Gasteiger partial charge in [-0.2, -0.15) is 0 Å². The van der Waals surface area contributed by atoms with E-state index in [0.29, 0.717) is 10.2 Å². The molecule has 2 rings (SSSR count). The Labute approximate surface area is 130 Å². The van der Waals surface area contributed by atoms with Crippen molar-refractivity contribution in [2.45, 2.75) is 12.5 Å². The van der Waals surface area contributed by atoms with Crippen LogP contribution in [0, 0.1) is 5.82 Å². The van der Waals surface area contributed by atoms with Crippen molar-refractivity contribution in [2.24, 2.45) is 0 Å². The number of hydrogen-bond donors (Lipinski definition) is 1. The van der Waals surface area contributed by atoms with Crippen molar-refractivity contribution in [3.05, 3.63) is 62.8 Å². The van der Waals surface area contributed by atoms with Gasteiger partial charge in [0.2, 0.25) is 0 Å². The van der Waals surface area contributed by atoms with Crippen molar-refractivity contribution in [3.8, 4) is 5.75 Å². The lowest BCUT2D eigenvalue weighted by molar-refractivity contribution is 0.173. The first kappa shape index (κ1) is 15.3. The highest BCUT2D eigenvalue weighted by atomic mass is 79.9. The highest BCUT2D eigenvalue weighted by molar-refractivity contribution is 9.10. The molecule has 106 valence electrons. The van der Waals surface area contributed by atoms with Gasteiger partial charge in [-0.05, 0) is 39.7 Å². The smallest absolute Gasteiger partial charge is 0.148 e. The normalized spacial score (nSPS) is 12.2. The second kappa shape index (κ2) is 6.57. The standard InChI is InChI=1S/C15H13BrClFO2/c1-20-10-4-2-3-9(7-10)8-13(19)11-5-6-12(16)14(17)15(11)18/h2-7,13,19H,8H2,1H3. The Balaban J connectivity index is 2.23. The van der Waals surface area contributed by atoms with E-state index < -0.39 is 11.9 Å². The molecule has 5 heteroatoms. The minimum atomic E-state index is -0.965. The molecule has 0 radical (unpaired) electrons. The summed E-state index contributed by atoms with van der Waals surface area (Å²) in [5.41, 5.74) is 1.04. The van der Waals surface area contributed by atoms with Crippen LogP contribution >= 0.6 is 27.5 Å². The first-order chi connectivity index (χ1) is 9.52. The summed E-state index contributed by atoms with van der Waals surface area (Å²) in [7, 11) is 1.57. The zero-order chi connectivity index (χ0) is 14.7. The lowest BCUT2D eigenvalue weighted by Crippen LogP contribution is -2.05. The Morgan fingerprint density at radius 1 is 1.35 bits per heavy atom. The summed E-state index contributed by atoms with van der Waals surface area (Å²) in [5, 5.41) is 10.2. The fourth-order valence-electron chi connectivity index (χ4n) is 1.93. The maximum atomic E-state index is 14.0. The Morgan fingerprint density at radius 3 is 2.80 bits per heavy atom. The molecule has 0 aromatic heterocycles. The predicted octanol–water partition coefficient (Wildman–Crippen LogP) is 4.53. The molecule has 0 aliphatic heterocycles. The second-order valence-electron chi connectivity index (χ2n) is 4.34. The van der Waals surface area contributed by atoms with Crippen LogP contribution in [0.1, 0.15) is 17.2 Å². The van der Waals surface area contributed by atoms with Crippen LogP contribution in [-0.2, 0) is 6.42 Å². The molecule has 0 heterocycles. The molecule has 1 unspecified atom stereocenters. The Bertz CT molecular complexity index is 619. The average Bonchev–Trinajstić information content (AvgIpc) is 2.45. The van der Waals surface area contributed by atoms with Crippen molar-refractivity contribution in [2.75, 3.05) is 7.11 Å². The van der Waals surface area contributed by atoms with Crippen molar-refractivity contribution in [3.63, 3.8) is 0 Å². The summed E-state index contributed by atoms with van der Waals surface area (Å²) in [5.74, 6) is 0.0976. The van der Waals surface area contributed by atoms with E-state index in [-0.39, 0.29) is 17.0 Å². The molecule has 0 aliphatic carbocycles. The highest BCUT2D eigenvalue weighted by Gasteiger charge is 2.17. The van der Waals surface area contributed by atoms with Gasteiger partial charge in [0.05, 0.1) is 18.2 Å². The van der Waals surface area contributed by atoms with Gasteiger partial charge >= 0.3 is 0 Å². The van der Waals surface area contributed by atoms with Crippen LogP contribution in [0.15, 0.2) is 40.9 Å². The van der Waals surface area contributed by atoms with Crippen molar-refractivity contribution < 1.29 is 14.2 Å². The number of aliphatic hydroxyl groups excluding tert-OH is 1. The van der Waals surface area contributed by atoms with E-state index in [0.717, 1.165) is 5.56 Å². The van der Waals surface area contributed by atoms with Crippen molar-refractivity contribution >= 4 is 27.5 Å². The number of aliphatic hydroxyl groups is 1. The second-order valence-corrected chi connectivity index (χ2v) is 5.57. The summed E-state index contributed by atoms with van der Waals surface area (Å²) in [6.07, 6.45) is -0.681. The highest BCUT2D eigenvalue weighted by Crippen LogP contribution is 2.31. The van der Waals surface area contributed by atoms with Gasteiger partial charge in [-0.3, -0.25) is 0 Å². The first-order valence-electron chi connectivity index (χ1n) is 5.97. The molecule has 0 fully saturated rings. The molecule has 0 amide bonds. The van der Waals surface area contributed by atoms with E-state index in [1.165, 1.54) is 6.07 Å². The number of ether oxygens (including phenoxy) is 1. The van der Waals surface area contributed by atoms with Gasteiger partial charge in [0.15, 0.2) is 0 Å². The molecule has 1 atom stereocenters. The quantitative estimate of drug-likeness (QED) is 0.813. The number of halogens is 3. The third kappa shape index (κ3) is 3.32. The first-order valence-corrected chi connectivity index (χ1v) is 7.14. The molecule has 2 aromatic rings. The molecule has 1 N–H and O–H groups in total. The number of rotatable bonds is 4. The number of benzene rings is 2. The monoisotopic (exact) mass is 358 g/mol. The van der Waals surface area contributed by atoms with Gasteiger partial charge in [-0.25, -0.2) is 4.39 Å². The zero-order valence-electron chi connectivity index (χ0n) is 10.7. The van der Waals surface area contributed by atoms with Gasteiger partial charge in [-0.15, -0.1) is 0 Å². The van der Waals surface area contributed by atoms with Crippen LogP contribution < -0.4 is 4.74 Å². The van der Waals surface area contributed by atoms with Crippen LogP contribution in [0.25, 0.3) is 0 Å². The van der Waals surface area contributed by atoms with E-state index in [2.05, 4.69) is 15.9 Å². The Kier molecular flexibility index (Phi) is 5.02. The molecule has 0 bridgehead atoms. The van der Waals surface area contributed by atoms with Gasteiger partial charge < -0.3 is 9.84 Å². The van der Waals surface area contributed by atoms with E-state index >= 15 is 0 Å². The number of methoxy groups -OCH3 is 1. The van der Waals surface area contributed by atoms with Crippen LogP contribution in [0.2, 0.25) is 5.02 Å². The summed E-state index contributed by atoms with van der Waals surface area (Å²) in [4.78, 5) is 0. The molecule has 0 saturated carbocycles. The zero-order valence-corrected chi connectivity index (χ0v) is 13.1. The Morgan fingerprint density at radius 2 is 2.10 bits per heavy atom. The van der Waals surface area contributed by atoms with Crippen molar-refractivity contribution in [1.82, 2.24) is 0 Å². The maximum absolute atomic E-state index is 14.0. The summed E-state index contributed by atoms with van der Waals surface area (Å²) in [6.45, 7) is 0. The third-order valence-corrected chi connectivity index (χ3v) is 4.25. The largest absolute Gasteiger partial charge is 0.497 e.